The largest absolute Gasteiger partial charge is 0.459 e. The molecule has 0 aromatic carbocycles. The van der Waals surface area contributed by atoms with Crippen LogP contribution in [-0.2, 0) is 9.53 Å². The zero-order valence-electron chi connectivity index (χ0n) is 10.0. The molecule has 82 valence electrons. The van der Waals surface area contributed by atoms with Gasteiger partial charge in [-0.2, -0.15) is 0 Å². The SMILES string of the molecule is C=C(C)C(=O)OC(C)CC(C)(C)CC. The monoisotopic (exact) mass is 198 g/mol. The molecule has 0 spiro atoms. The standard InChI is InChI=1S/C12H22O2/c1-7-12(5,6)8-10(4)14-11(13)9(2)3/h10H,2,7-8H2,1,3-6H3. The lowest BCUT2D eigenvalue weighted by Gasteiger charge is -2.26. The minimum atomic E-state index is -0.288. The van der Waals surface area contributed by atoms with E-state index >= 15 is 0 Å². The average Bonchev–Trinajstić information content (AvgIpc) is 2.02. The first-order chi connectivity index (χ1) is 6.28. The van der Waals surface area contributed by atoms with E-state index in [0.29, 0.717) is 5.57 Å². The minimum absolute atomic E-state index is 0.0332. The van der Waals surface area contributed by atoms with Crippen molar-refractivity contribution in [3.8, 4) is 0 Å². The molecule has 1 unspecified atom stereocenters. The van der Waals surface area contributed by atoms with Crippen LogP contribution in [0.5, 0.6) is 0 Å². The molecule has 0 heterocycles. The highest BCUT2D eigenvalue weighted by molar-refractivity contribution is 5.87. The quantitative estimate of drug-likeness (QED) is 0.500. The van der Waals surface area contributed by atoms with Crippen molar-refractivity contribution in [2.75, 3.05) is 0 Å². The van der Waals surface area contributed by atoms with Crippen LogP contribution in [0.2, 0.25) is 0 Å². The molecule has 2 heteroatoms. The van der Waals surface area contributed by atoms with Gasteiger partial charge < -0.3 is 4.74 Å². The fourth-order valence-corrected chi connectivity index (χ4v) is 1.25. The van der Waals surface area contributed by atoms with Gasteiger partial charge in [0.2, 0.25) is 0 Å². The molecule has 0 aromatic heterocycles. The van der Waals surface area contributed by atoms with Crippen LogP contribution in [0.15, 0.2) is 12.2 Å². The van der Waals surface area contributed by atoms with Crippen LogP contribution in [0.25, 0.3) is 0 Å². The van der Waals surface area contributed by atoms with Gasteiger partial charge in [-0.25, -0.2) is 4.79 Å². The highest BCUT2D eigenvalue weighted by Crippen LogP contribution is 2.27. The Morgan fingerprint density at radius 1 is 1.50 bits per heavy atom. The third-order valence-electron chi connectivity index (χ3n) is 2.45. The van der Waals surface area contributed by atoms with Crippen LogP contribution in [0, 0.1) is 5.41 Å². The zero-order valence-corrected chi connectivity index (χ0v) is 10.0. The molecule has 0 aliphatic heterocycles. The van der Waals surface area contributed by atoms with E-state index in [0.717, 1.165) is 12.8 Å². The average molecular weight is 198 g/mol. The summed E-state index contributed by atoms with van der Waals surface area (Å²) in [7, 11) is 0. The Bertz CT molecular complexity index is 216. The van der Waals surface area contributed by atoms with Crippen LogP contribution in [-0.4, -0.2) is 12.1 Å². The van der Waals surface area contributed by atoms with E-state index in [2.05, 4.69) is 27.4 Å². The lowest BCUT2D eigenvalue weighted by atomic mass is 9.84. The van der Waals surface area contributed by atoms with E-state index in [1.807, 2.05) is 6.92 Å². The Morgan fingerprint density at radius 3 is 2.36 bits per heavy atom. The van der Waals surface area contributed by atoms with Crippen molar-refractivity contribution in [1.82, 2.24) is 0 Å². The van der Waals surface area contributed by atoms with E-state index in [9.17, 15) is 4.79 Å². The summed E-state index contributed by atoms with van der Waals surface area (Å²) in [5.41, 5.74) is 0.695. The van der Waals surface area contributed by atoms with Crippen LogP contribution < -0.4 is 0 Å². The molecule has 0 rings (SSSR count). The zero-order chi connectivity index (χ0) is 11.4. The first-order valence-corrected chi connectivity index (χ1v) is 5.15. The molecule has 0 aliphatic rings. The summed E-state index contributed by atoms with van der Waals surface area (Å²) in [4.78, 5) is 11.2. The van der Waals surface area contributed by atoms with Gasteiger partial charge in [-0.1, -0.05) is 33.8 Å². The van der Waals surface area contributed by atoms with Gasteiger partial charge in [-0.3, -0.25) is 0 Å². The molecule has 0 saturated heterocycles. The molecule has 0 N–H and O–H groups in total. The molecule has 0 fully saturated rings. The van der Waals surface area contributed by atoms with Gasteiger partial charge in [-0.15, -0.1) is 0 Å². The summed E-state index contributed by atoms with van der Waals surface area (Å²) in [5.74, 6) is -0.288. The fourth-order valence-electron chi connectivity index (χ4n) is 1.25. The highest BCUT2D eigenvalue weighted by Gasteiger charge is 2.21. The van der Waals surface area contributed by atoms with Crippen LogP contribution in [0.3, 0.4) is 0 Å². The van der Waals surface area contributed by atoms with Crippen molar-refractivity contribution in [2.45, 2.75) is 53.6 Å². The Hall–Kier alpha value is -0.790. The van der Waals surface area contributed by atoms with Crippen molar-refractivity contribution in [2.24, 2.45) is 5.41 Å². The topological polar surface area (TPSA) is 26.3 Å². The number of hydrogen-bond acceptors (Lipinski definition) is 2. The molecule has 0 bridgehead atoms. The van der Waals surface area contributed by atoms with Crippen molar-refractivity contribution in [3.63, 3.8) is 0 Å². The maximum Gasteiger partial charge on any atom is 0.333 e. The molecular weight excluding hydrogens is 176 g/mol. The smallest absolute Gasteiger partial charge is 0.333 e. The molecule has 14 heavy (non-hydrogen) atoms. The highest BCUT2D eigenvalue weighted by atomic mass is 16.5. The summed E-state index contributed by atoms with van der Waals surface area (Å²) in [6.07, 6.45) is 1.94. The second-order valence-electron chi connectivity index (χ2n) is 4.72. The molecule has 2 nitrogen and oxygen atoms in total. The predicted octanol–water partition coefficient (Wildman–Crippen LogP) is 3.32. The second-order valence-corrected chi connectivity index (χ2v) is 4.72. The number of carbonyl (C=O) groups is 1. The van der Waals surface area contributed by atoms with E-state index in [1.54, 1.807) is 6.92 Å². The fraction of sp³-hybridized carbons (Fsp3) is 0.750. The van der Waals surface area contributed by atoms with Gasteiger partial charge in [-0.05, 0) is 25.7 Å². The molecular formula is C12H22O2. The maximum absolute atomic E-state index is 11.2. The second kappa shape index (κ2) is 5.18. The molecule has 0 saturated carbocycles. The Balaban J connectivity index is 4.05. The Labute approximate surface area is 87.3 Å². The summed E-state index contributed by atoms with van der Waals surface area (Å²) >= 11 is 0. The summed E-state index contributed by atoms with van der Waals surface area (Å²) in [5, 5.41) is 0. The van der Waals surface area contributed by atoms with Crippen molar-refractivity contribution < 1.29 is 9.53 Å². The number of ether oxygens (including phenoxy) is 1. The van der Waals surface area contributed by atoms with E-state index in [4.69, 9.17) is 4.74 Å². The number of esters is 1. The third-order valence-corrected chi connectivity index (χ3v) is 2.45. The lowest BCUT2D eigenvalue weighted by Crippen LogP contribution is -2.23. The van der Waals surface area contributed by atoms with Gasteiger partial charge in [0.1, 0.15) is 0 Å². The molecule has 1 atom stereocenters. The predicted molar refractivity (Wildman–Crippen MR) is 59.1 cm³/mol. The van der Waals surface area contributed by atoms with Gasteiger partial charge in [0, 0.05) is 5.57 Å². The van der Waals surface area contributed by atoms with Crippen molar-refractivity contribution in [1.29, 1.82) is 0 Å². The Morgan fingerprint density at radius 2 is 2.00 bits per heavy atom. The van der Waals surface area contributed by atoms with Crippen molar-refractivity contribution in [3.05, 3.63) is 12.2 Å². The van der Waals surface area contributed by atoms with Crippen LogP contribution in [0.4, 0.5) is 0 Å². The molecule has 0 amide bonds. The van der Waals surface area contributed by atoms with Gasteiger partial charge in [0.25, 0.3) is 0 Å². The number of rotatable bonds is 5. The minimum Gasteiger partial charge on any atom is -0.459 e. The molecule has 0 radical (unpaired) electrons. The summed E-state index contributed by atoms with van der Waals surface area (Å²) in [6.45, 7) is 13.6. The molecule has 0 aliphatic carbocycles. The van der Waals surface area contributed by atoms with Gasteiger partial charge in [0.15, 0.2) is 0 Å². The van der Waals surface area contributed by atoms with Crippen LogP contribution in [0.1, 0.15) is 47.5 Å². The van der Waals surface area contributed by atoms with E-state index < -0.39 is 0 Å². The van der Waals surface area contributed by atoms with Gasteiger partial charge in [0.05, 0.1) is 6.10 Å². The third kappa shape index (κ3) is 5.05. The van der Waals surface area contributed by atoms with Crippen molar-refractivity contribution >= 4 is 5.97 Å². The Kier molecular flexibility index (Phi) is 4.89. The first-order valence-electron chi connectivity index (χ1n) is 5.15. The van der Waals surface area contributed by atoms with Crippen LogP contribution >= 0.6 is 0 Å². The number of carbonyl (C=O) groups excluding carboxylic acids is 1. The maximum atomic E-state index is 11.2. The van der Waals surface area contributed by atoms with E-state index in [1.165, 1.54) is 0 Å². The summed E-state index contributed by atoms with van der Waals surface area (Å²) < 4.78 is 5.21. The first kappa shape index (κ1) is 13.2. The number of hydrogen-bond donors (Lipinski definition) is 0. The summed E-state index contributed by atoms with van der Waals surface area (Å²) in [6, 6.07) is 0. The molecule has 0 aromatic rings. The van der Waals surface area contributed by atoms with E-state index in [-0.39, 0.29) is 17.5 Å². The van der Waals surface area contributed by atoms with Gasteiger partial charge >= 0.3 is 5.97 Å². The lowest BCUT2D eigenvalue weighted by molar-refractivity contribution is -0.144. The normalized spacial score (nSPS) is 13.5.